The van der Waals surface area contributed by atoms with Crippen molar-refractivity contribution in [3.63, 3.8) is 0 Å². The van der Waals surface area contributed by atoms with E-state index in [1.54, 1.807) is 85.2 Å². The van der Waals surface area contributed by atoms with Gasteiger partial charge in [0.2, 0.25) is 0 Å². The maximum Gasteiger partial charge on any atom is 0.339 e. The Labute approximate surface area is 297 Å². The van der Waals surface area contributed by atoms with Crippen LogP contribution in [0, 0.1) is 13.8 Å². The van der Waals surface area contributed by atoms with E-state index >= 15 is 0 Å². The lowest BCUT2D eigenvalue weighted by Gasteiger charge is -2.13. The second-order valence-corrected chi connectivity index (χ2v) is 17.0. The molecule has 0 bridgehead atoms. The van der Waals surface area contributed by atoms with E-state index in [2.05, 4.69) is 9.97 Å². The summed E-state index contributed by atoms with van der Waals surface area (Å²) in [6.07, 6.45) is 3.10. The summed E-state index contributed by atoms with van der Waals surface area (Å²) >= 11 is 0. The minimum atomic E-state index is -4.05. The number of benzene rings is 4. The van der Waals surface area contributed by atoms with Crippen LogP contribution in [0.4, 0.5) is 0 Å². The molecule has 0 unspecified atom stereocenters. The number of pyridine rings is 2. The molecular formula is C38H32N2O8S3. The molecule has 0 aliphatic carbocycles. The fourth-order valence-electron chi connectivity index (χ4n) is 5.25. The summed E-state index contributed by atoms with van der Waals surface area (Å²) < 4.78 is 88.8. The molecule has 0 spiro atoms. The van der Waals surface area contributed by atoms with Crippen LogP contribution in [0.5, 0.6) is 11.5 Å². The van der Waals surface area contributed by atoms with Crippen LogP contribution in [0.25, 0.3) is 22.5 Å². The first-order chi connectivity index (χ1) is 24.3. The molecule has 2 aromatic heterocycles. The molecule has 0 amide bonds. The molecule has 0 aliphatic rings. The highest BCUT2D eigenvalue weighted by atomic mass is 32.2. The van der Waals surface area contributed by atoms with E-state index < -0.39 is 30.1 Å². The Kier molecular flexibility index (Phi) is 10.1. The quantitative estimate of drug-likeness (QED) is 0.119. The number of nitrogens with zero attached hydrogens (tertiary/aromatic N) is 2. The number of aryl methyl sites for hydroxylation is 2. The van der Waals surface area contributed by atoms with Gasteiger partial charge >= 0.3 is 20.2 Å². The number of aromatic nitrogens is 2. The van der Waals surface area contributed by atoms with E-state index in [4.69, 9.17) is 8.37 Å². The Morgan fingerprint density at radius 1 is 0.471 bits per heavy atom. The van der Waals surface area contributed by atoms with Gasteiger partial charge in [0.25, 0.3) is 0 Å². The van der Waals surface area contributed by atoms with Gasteiger partial charge in [-0.15, -0.1) is 0 Å². The van der Waals surface area contributed by atoms with Crippen molar-refractivity contribution in [2.24, 2.45) is 0 Å². The second kappa shape index (κ2) is 14.5. The van der Waals surface area contributed by atoms with Crippen LogP contribution in [0.15, 0.2) is 144 Å². The lowest BCUT2D eigenvalue weighted by Crippen LogP contribution is -2.11. The van der Waals surface area contributed by atoms with Crippen molar-refractivity contribution in [2.75, 3.05) is 0 Å². The van der Waals surface area contributed by atoms with Gasteiger partial charge in [0.1, 0.15) is 21.3 Å². The van der Waals surface area contributed by atoms with Gasteiger partial charge in [-0.25, -0.2) is 8.42 Å². The van der Waals surface area contributed by atoms with Gasteiger partial charge < -0.3 is 8.37 Å². The fraction of sp³-hybridized carbons (Fsp3) is 0.105. The first kappa shape index (κ1) is 35.5. The Morgan fingerprint density at radius 3 is 1.18 bits per heavy atom. The topological polar surface area (TPSA) is 147 Å². The van der Waals surface area contributed by atoms with Gasteiger partial charge in [-0.2, -0.15) is 16.8 Å². The number of hydrogen-bond acceptors (Lipinski definition) is 10. The van der Waals surface area contributed by atoms with Crippen molar-refractivity contribution in [3.05, 3.63) is 156 Å². The minimum Gasteiger partial charge on any atom is -0.379 e. The predicted octanol–water partition coefficient (Wildman–Crippen LogP) is 7.08. The summed E-state index contributed by atoms with van der Waals surface area (Å²) in [6, 6.07) is 31.7. The van der Waals surface area contributed by atoms with Gasteiger partial charge in [-0.3, -0.25) is 9.97 Å². The van der Waals surface area contributed by atoms with E-state index in [-0.39, 0.29) is 32.8 Å². The molecule has 4 aromatic carbocycles. The first-order valence-electron chi connectivity index (χ1n) is 15.6. The normalized spacial score (nSPS) is 12.0. The van der Waals surface area contributed by atoms with Crippen molar-refractivity contribution in [1.82, 2.24) is 9.97 Å². The molecule has 0 saturated heterocycles. The van der Waals surface area contributed by atoms with Crippen molar-refractivity contribution >= 4 is 30.1 Å². The Balaban J connectivity index is 1.17. The first-order valence-corrected chi connectivity index (χ1v) is 20.2. The number of hydrogen-bond donors (Lipinski definition) is 0. The number of sulfone groups is 1. The van der Waals surface area contributed by atoms with Crippen molar-refractivity contribution in [2.45, 2.75) is 35.1 Å². The third kappa shape index (κ3) is 8.69. The largest absolute Gasteiger partial charge is 0.379 e. The zero-order valence-electron chi connectivity index (χ0n) is 27.5. The summed E-state index contributed by atoms with van der Waals surface area (Å²) in [7, 11) is -11.9. The second-order valence-electron chi connectivity index (χ2n) is 11.8. The molecule has 0 fully saturated rings. The summed E-state index contributed by atoms with van der Waals surface area (Å²) in [4.78, 5) is 8.92. The minimum absolute atomic E-state index is 0.0292. The SMILES string of the molecule is Cc1ccc(S(=O)(=O)Oc2ccc(-c3ncccc3CS(=O)(=O)Cc3cccnc3-c3ccc(OS(=O)(=O)c4ccc(C)cc4)cc3)cc2)cc1. The van der Waals surface area contributed by atoms with Crippen LogP contribution >= 0.6 is 0 Å². The Hall–Kier alpha value is -5.37. The maximum atomic E-state index is 13.6. The average Bonchev–Trinajstić information content (AvgIpc) is 3.09. The highest BCUT2D eigenvalue weighted by Crippen LogP contribution is 2.30. The molecule has 0 atom stereocenters. The molecule has 260 valence electrons. The average molecular weight is 741 g/mol. The van der Waals surface area contributed by atoms with Gasteiger partial charge in [0.15, 0.2) is 9.84 Å². The van der Waals surface area contributed by atoms with E-state index in [0.717, 1.165) is 11.1 Å². The van der Waals surface area contributed by atoms with E-state index in [0.29, 0.717) is 33.6 Å². The van der Waals surface area contributed by atoms with E-state index in [1.807, 2.05) is 13.8 Å². The fourth-order valence-corrected chi connectivity index (χ4v) is 8.63. The molecular weight excluding hydrogens is 709 g/mol. The molecule has 0 aliphatic heterocycles. The molecule has 0 saturated carbocycles. The molecule has 2 heterocycles. The zero-order valence-corrected chi connectivity index (χ0v) is 30.0. The highest BCUT2D eigenvalue weighted by Gasteiger charge is 2.22. The lowest BCUT2D eigenvalue weighted by molar-refractivity contribution is 0.484. The van der Waals surface area contributed by atoms with Crippen LogP contribution in [-0.4, -0.2) is 35.2 Å². The molecule has 51 heavy (non-hydrogen) atoms. The van der Waals surface area contributed by atoms with Crippen LogP contribution in [-0.2, 0) is 41.6 Å². The summed E-state index contributed by atoms with van der Waals surface area (Å²) in [5, 5.41) is 0. The van der Waals surface area contributed by atoms with Crippen LogP contribution in [0.1, 0.15) is 22.3 Å². The molecule has 10 nitrogen and oxygen atoms in total. The van der Waals surface area contributed by atoms with Gasteiger partial charge in [-0.1, -0.05) is 47.5 Å². The summed E-state index contributed by atoms with van der Waals surface area (Å²) in [5.41, 5.74) is 4.76. The van der Waals surface area contributed by atoms with Gasteiger partial charge in [0.05, 0.1) is 22.9 Å². The maximum absolute atomic E-state index is 13.6. The predicted molar refractivity (Wildman–Crippen MR) is 194 cm³/mol. The summed E-state index contributed by atoms with van der Waals surface area (Å²) in [6.45, 7) is 3.71. The Bertz CT molecular complexity index is 2330. The molecule has 6 rings (SSSR count). The van der Waals surface area contributed by atoms with Crippen molar-refractivity contribution in [1.29, 1.82) is 0 Å². The van der Waals surface area contributed by atoms with Crippen molar-refractivity contribution in [3.8, 4) is 34.0 Å². The van der Waals surface area contributed by atoms with Crippen molar-refractivity contribution < 1.29 is 33.6 Å². The lowest BCUT2D eigenvalue weighted by atomic mass is 10.1. The highest BCUT2D eigenvalue weighted by molar-refractivity contribution is 7.89. The smallest absolute Gasteiger partial charge is 0.339 e. The molecule has 0 radical (unpaired) electrons. The number of rotatable bonds is 12. The third-order valence-corrected chi connectivity index (χ3v) is 11.8. The van der Waals surface area contributed by atoms with Crippen LogP contribution in [0.3, 0.4) is 0 Å². The van der Waals surface area contributed by atoms with E-state index in [9.17, 15) is 25.3 Å². The summed E-state index contributed by atoms with van der Waals surface area (Å²) in [5.74, 6) is -0.454. The molecule has 6 aromatic rings. The van der Waals surface area contributed by atoms with E-state index in [1.165, 1.54) is 48.5 Å². The molecule has 13 heteroatoms. The van der Waals surface area contributed by atoms with Gasteiger partial charge in [0, 0.05) is 23.5 Å². The standard InChI is InChI=1S/C38H32N2O8S3/c1-27-7-19-35(20-8-27)50(43,44)47-33-15-11-29(12-16-33)37-31(5-3-23-39-37)25-49(41,42)26-32-6-4-24-40-38(32)30-13-17-34(18-14-30)48-51(45,46)36-21-9-28(2)10-22-36/h3-24H,25-26H2,1-2H3. The Morgan fingerprint density at radius 2 is 0.824 bits per heavy atom. The van der Waals surface area contributed by atoms with Gasteiger partial charge in [-0.05, 0) is 110 Å². The molecule has 0 N–H and O–H groups in total. The third-order valence-electron chi connectivity index (χ3n) is 7.82. The monoisotopic (exact) mass is 740 g/mol. The zero-order chi connectivity index (χ0) is 36.2. The van der Waals surface area contributed by atoms with Crippen LogP contribution in [0.2, 0.25) is 0 Å². The van der Waals surface area contributed by atoms with Crippen LogP contribution < -0.4 is 8.37 Å².